The summed E-state index contributed by atoms with van der Waals surface area (Å²) in [7, 11) is 0. The van der Waals surface area contributed by atoms with Crippen LogP contribution in [-0.4, -0.2) is 34.6 Å². The zero-order valence-corrected chi connectivity index (χ0v) is 20.2. The second-order valence-electron chi connectivity index (χ2n) is 7.23. The van der Waals surface area contributed by atoms with Crippen molar-refractivity contribution in [2.45, 2.75) is 45.2 Å². The average Bonchev–Trinajstić information content (AvgIpc) is 2.69. The van der Waals surface area contributed by atoms with Crippen LogP contribution in [-0.2, 0) is 21.9 Å². The highest BCUT2D eigenvalue weighted by molar-refractivity contribution is 7.99. The molecule has 0 aliphatic heterocycles. The van der Waals surface area contributed by atoms with E-state index in [0.717, 1.165) is 11.1 Å². The number of hydrogen-bond donors (Lipinski definition) is 1. The topological polar surface area (TPSA) is 49.4 Å². The largest absolute Gasteiger partial charge is 0.352 e. The molecule has 2 aromatic carbocycles. The molecule has 0 fully saturated rings. The van der Waals surface area contributed by atoms with Gasteiger partial charge in [-0.15, -0.1) is 11.8 Å². The van der Waals surface area contributed by atoms with Gasteiger partial charge in [-0.25, -0.2) is 0 Å². The Hall–Kier alpha value is -1.40. The van der Waals surface area contributed by atoms with Crippen molar-refractivity contribution >= 4 is 58.4 Å². The second kappa shape index (κ2) is 11.8. The molecule has 30 heavy (non-hydrogen) atoms. The molecule has 0 aliphatic carbocycles. The summed E-state index contributed by atoms with van der Waals surface area (Å²) in [5, 5.41) is 4.49. The summed E-state index contributed by atoms with van der Waals surface area (Å²) >= 11 is 19.4. The zero-order valence-electron chi connectivity index (χ0n) is 17.1. The standard InChI is InChI=1S/C22H25Cl3N2O2S/c1-14(2)26-22(29)15(3)27(11-16-4-7-18(23)8-5-16)21(28)13-30-12-17-6-9-19(24)20(25)10-17/h4-10,14-15H,11-13H2,1-3H3,(H,26,29)/t15-/m1/s1. The van der Waals surface area contributed by atoms with Gasteiger partial charge in [0.25, 0.3) is 0 Å². The number of carbonyl (C=O) groups is 2. The van der Waals surface area contributed by atoms with Crippen molar-refractivity contribution in [3.63, 3.8) is 0 Å². The smallest absolute Gasteiger partial charge is 0.242 e. The Labute approximate surface area is 197 Å². The summed E-state index contributed by atoms with van der Waals surface area (Å²) in [5.74, 6) is 0.570. The number of nitrogens with one attached hydrogen (secondary N) is 1. The molecule has 0 aromatic heterocycles. The van der Waals surface area contributed by atoms with Crippen LogP contribution >= 0.6 is 46.6 Å². The van der Waals surface area contributed by atoms with Gasteiger partial charge in [0, 0.05) is 23.4 Å². The Balaban J connectivity index is 2.07. The van der Waals surface area contributed by atoms with E-state index in [2.05, 4.69) is 5.32 Å². The Bertz CT molecular complexity index is 875. The van der Waals surface area contributed by atoms with Crippen LogP contribution in [0.15, 0.2) is 42.5 Å². The van der Waals surface area contributed by atoms with Crippen LogP contribution in [0.1, 0.15) is 31.9 Å². The number of amides is 2. The molecule has 4 nitrogen and oxygen atoms in total. The van der Waals surface area contributed by atoms with E-state index in [4.69, 9.17) is 34.8 Å². The van der Waals surface area contributed by atoms with Crippen LogP contribution < -0.4 is 5.32 Å². The quantitative estimate of drug-likeness (QED) is 0.485. The van der Waals surface area contributed by atoms with Crippen molar-refractivity contribution in [2.75, 3.05) is 5.75 Å². The molecule has 8 heteroatoms. The van der Waals surface area contributed by atoms with Crippen molar-refractivity contribution in [2.24, 2.45) is 0 Å². The lowest BCUT2D eigenvalue weighted by Gasteiger charge is -2.29. The van der Waals surface area contributed by atoms with E-state index in [-0.39, 0.29) is 23.6 Å². The fourth-order valence-corrected chi connectivity index (χ4v) is 4.05. The molecule has 0 radical (unpaired) electrons. The van der Waals surface area contributed by atoms with Crippen LogP contribution in [0.5, 0.6) is 0 Å². The van der Waals surface area contributed by atoms with Gasteiger partial charge in [0.05, 0.1) is 15.8 Å². The van der Waals surface area contributed by atoms with Gasteiger partial charge in [0.15, 0.2) is 0 Å². The average molecular weight is 488 g/mol. The van der Waals surface area contributed by atoms with Crippen LogP contribution in [0, 0.1) is 0 Å². The minimum absolute atomic E-state index is 0.00328. The summed E-state index contributed by atoms with van der Waals surface area (Å²) in [6.45, 7) is 5.86. The molecule has 2 amide bonds. The molecule has 0 spiro atoms. The van der Waals surface area contributed by atoms with E-state index in [1.807, 2.05) is 32.0 Å². The Kier molecular flexibility index (Phi) is 9.82. The molecule has 0 unspecified atom stereocenters. The summed E-state index contributed by atoms with van der Waals surface area (Å²) in [6, 6.07) is 12.1. The summed E-state index contributed by atoms with van der Waals surface area (Å²) in [5.41, 5.74) is 1.89. The van der Waals surface area contributed by atoms with Gasteiger partial charge in [0.2, 0.25) is 11.8 Å². The Morgan fingerprint density at radius 1 is 0.967 bits per heavy atom. The van der Waals surface area contributed by atoms with E-state index in [9.17, 15) is 9.59 Å². The van der Waals surface area contributed by atoms with E-state index in [1.54, 1.807) is 36.1 Å². The third-order valence-corrected chi connectivity index (χ3v) is 6.32. The monoisotopic (exact) mass is 486 g/mol. The molecule has 2 rings (SSSR count). The van der Waals surface area contributed by atoms with Crippen molar-refractivity contribution in [1.29, 1.82) is 0 Å². The fraction of sp³-hybridized carbons (Fsp3) is 0.364. The lowest BCUT2D eigenvalue weighted by Crippen LogP contribution is -2.49. The third kappa shape index (κ3) is 7.69. The van der Waals surface area contributed by atoms with E-state index >= 15 is 0 Å². The molecular formula is C22H25Cl3N2O2S. The predicted molar refractivity (Wildman–Crippen MR) is 127 cm³/mol. The molecule has 2 aromatic rings. The summed E-state index contributed by atoms with van der Waals surface area (Å²) in [6.07, 6.45) is 0. The van der Waals surface area contributed by atoms with Gasteiger partial charge in [-0.3, -0.25) is 9.59 Å². The molecular weight excluding hydrogens is 463 g/mol. The normalized spacial score (nSPS) is 12.0. The van der Waals surface area contributed by atoms with Crippen molar-refractivity contribution in [3.05, 3.63) is 68.7 Å². The number of halogens is 3. The maximum absolute atomic E-state index is 13.0. The van der Waals surface area contributed by atoms with Crippen LogP contribution in [0.4, 0.5) is 0 Å². The molecule has 0 bridgehead atoms. The SMILES string of the molecule is CC(C)NC(=O)[C@@H](C)N(Cc1ccc(Cl)cc1)C(=O)CSCc1ccc(Cl)c(Cl)c1. The van der Waals surface area contributed by atoms with Gasteiger partial charge in [0.1, 0.15) is 6.04 Å². The zero-order chi connectivity index (χ0) is 22.3. The highest BCUT2D eigenvalue weighted by Gasteiger charge is 2.26. The van der Waals surface area contributed by atoms with Crippen LogP contribution in [0.3, 0.4) is 0 Å². The Morgan fingerprint density at radius 2 is 1.60 bits per heavy atom. The lowest BCUT2D eigenvalue weighted by atomic mass is 10.1. The third-order valence-electron chi connectivity index (χ3n) is 4.34. The van der Waals surface area contributed by atoms with Gasteiger partial charge < -0.3 is 10.2 Å². The molecule has 0 saturated heterocycles. The molecule has 162 valence electrons. The van der Waals surface area contributed by atoms with Gasteiger partial charge in [-0.1, -0.05) is 53.0 Å². The first kappa shape index (κ1) is 24.9. The first-order valence-electron chi connectivity index (χ1n) is 9.53. The van der Waals surface area contributed by atoms with Crippen LogP contribution in [0.25, 0.3) is 0 Å². The van der Waals surface area contributed by atoms with Crippen molar-refractivity contribution < 1.29 is 9.59 Å². The molecule has 0 heterocycles. The molecule has 1 N–H and O–H groups in total. The lowest BCUT2D eigenvalue weighted by molar-refractivity contribution is -0.138. The van der Waals surface area contributed by atoms with Gasteiger partial charge >= 0.3 is 0 Å². The van der Waals surface area contributed by atoms with Crippen LogP contribution in [0.2, 0.25) is 15.1 Å². The van der Waals surface area contributed by atoms with E-state index in [0.29, 0.717) is 27.4 Å². The number of nitrogens with zero attached hydrogens (tertiary/aromatic N) is 1. The van der Waals surface area contributed by atoms with E-state index in [1.165, 1.54) is 11.8 Å². The number of hydrogen-bond acceptors (Lipinski definition) is 3. The summed E-state index contributed by atoms with van der Waals surface area (Å²) < 4.78 is 0. The first-order valence-corrected chi connectivity index (χ1v) is 11.8. The van der Waals surface area contributed by atoms with E-state index < -0.39 is 6.04 Å². The summed E-state index contributed by atoms with van der Waals surface area (Å²) in [4.78, 5) is 27.2. The predicted octanol–water partition coefficient (Wildman–Crippen LogP) is 5.82. The molecule has 1 atom stereocenters. The Morgan fingerprint density at radius 3 is 2.20 bits per heavy atom. The first-order chi connectivity index (χ1) is 14.2. The van der Waals surface area contributed by atoms with Gasteiger partial charge in [-0.05, 0) is 56.2 Å². The highest BCUT2D eigenvalue weighted by Crippen LogP contribution is 2.25. The number of carbonyl (C=O) groups excluding carboxylic acids is 2. The molecule has 0 saturated carbocycles. The fourth-order valence-electron chi connectivity index (χ4n) is 2.74. The minimum atomic E-state index is -0.596. The number of benzene rings is 2. The number of rotatable bonds is 9. The van der Waals surface area contributed by atoms with Crippen molar-refractivity contribution in [1.82, 2.24) is 10.2 Å². The molecule has 0 aliphatic rings. The maximum Gasteiger partial charge on any atom is 0.242 e. The maximum atomic E-state index is 13.0. The minimum Gasteiger partial charge on any atom is -0.352 e. The highest BCUT2D eigenvalue weighted by atomic mass is 35.5. The van der Waals surface area contributed by atoms with Crippen molar-refractivity contribution in [3.8, 4) is 0 Å². The van der Waals surface area contributed by atoms with Gasteiger partial charge in [-0.2, -0.15) is 0 Å². The number of thioether (sulfide) groups is 1. The second-order valence-corrected chi connectivity index (χ2v) is 9.47.